The first kappa shape index (κ1) is 6.75. The zero-order chi connectivity index (χ0) is 6.69. The zero-order valence-electron chi connectivity index (χ0n) is 5.67. The third-order valence-corrected chi connectivity index (χ3v) is 1.92. The molecule has 1 fully saturated rings. The summed E-state index contributed by atoms with van der Waals surface area (Å²) in [6.07, 6.45) is 1.65. The highest BCUT2D eigenvalue weighted by atomic mass is 16.5. The second kappa shape index (κ2) is 2.97. The van der Waals surface area contributed by atoms with Crippen LogP contribution in [0, 0.1) is 11.8 Å². The van der Waals surface area contributed by atoms with E-state index in [1.54, 1.807) is 0 Å². The number of hydrogen-bond donors (Lipinski definition) is 0. The van der Waals surface area contributed by atoms with Gasteiger partial charge in [-0.05, 0) is 11.8 Å². The number of carbonyl (C=O) groups excluding carboxylic acids is 1. The van der Waals surface area contributed by atoms with E-state index >= 15 is 0 Å². The van der Waals surface area contributed by atoms with Crippen molar-refractivity contribution in [3.63, 3.8) is 0 Å². The van der Waals surface area contributed by atoms with Crippen molar-refractivity contribution in [1.29, 1.82) is 0 Å². The van der Waals surface area contributed by atoms with Gasteiger partial charge in [-0.15, -0.1) is 0 Å². The highest BCUT2D eigenvalue weighted by Crippen LogP contribution is 2.21. The molecule has 0 aromatic rings. The topological polar surface area (TPSA) is 26.3 Å². The maximum atomic E-state index is 10.1. The Morgan fingerprint density at radius 1 is 1.67 bits per heavy atom. The minimum atomic E-state index is 0.488. The third-order valence-electron chi connectivity index (χ3n) is 1.92. The molecule has 1 heterocycles. The molecule has 2 unspecified atom stereocenters. The Hall–Kier alpha value is -0.370. The van der Waals surface area contributed by atoms with Gasteiger partial charge >= 0.3 is 0 Å². The molecular weight excluding hydrogens is 116 g/mol. The van der Waals surface area contributed by atoms with Gasteiger partial charge in [-0.25, -0.2) is 0 Å². The minimum absolute atomic E-state index is 0.488. The number of hydrogen-bond acceptors (Lipinski definition) is 2. The molecule has 0 amide bonds. The molecule has 1 saturated heterocycles. The van der Waals surface area contributed by atoms with E-state index in [0.717, 1.165) is 19.5 Å². The average Bonchev–Trinajstić information content (AvgIpc) is 2.18. The van der Waals surface area contributed by atoms with Crippen LogP contribution in [0.5, 0.6) is 0 Å². The first-order valence-corrected chi connectivity index (χ1v) is 3.36. The number of ether oxygens (including phenoxy) is 1. The van der Waals surface area contributed by atoms with Crippen LogP contribution in [0.2, 0.25) is 0 Å². The Kier molecular flexibility index (Phi) is 2.22. The van der Waals surface area contributed by atoms with Crippen molar-refractivity contribution < 1.29 is 9.53 Å². The molecule has 0 spiro atoms. The predicted molar refractivity (Wildman–Crippen MR) is 34.2 cm³/mol. The van der Waals surface area contributed by atoms with Crippen molar-refractivity contribution in [2.24, 2.45) is 11.8 Å². The van der Waals surface area contributed by atoms with E-state index in [0.29, 0.717) is 18.3 Å². The van der Waals surface area contributed by atoms with Crippen LogP contribution in [-0.4, -0.2) is 19.5 Å². The molecule has 0 bridgehead atoms. The summed E-state index contributed by atoms with van der Waals surface area (Å²) in [5, 5.41) is 0. The Bertz CT molecular complexity index is 101. The monoisotopic (exact) mass is 128 g/mol. The molecule has 0 aliphatic carbocycles. The van der Waals surface area contributed by atoms with E-state index in [1.807, 2.05) is 0 Å². The lowest BCUT2D eigenvalue weighted by Crippen LogP contribution is -2.08. The molecule has 9 heavy (non-hydrogen) atoms. The fourth-order valence-corrected chi connectivity index (χ4v) is 1.13. The van der Waals surface area contributed by atoms with Crippen molar-refractivity contribution >= 4 is 6.29 Å². The maximum absolute atomic E-state index is 10.1. The fourth-order valence-electron chi connectivity index (χ4n) is 1.13. The van der Waals surface area contributed by atoms with Crippen LogP contribution in [-0.2, 0) is 9.53 Å². The van der Waals surface area contributed by atoms with Gasteiger partial charge in [0, 0.05) is 13.0 Å². The van der Waals surface area contributed by atoms with Gasteiger partial charge in [-0.3, -0.25) is 0 Å². The van der Waals surface area contributed by atoms with Crippen molar-refractivity contribution in [3.8, 4) is 0 Å². The first-order valence-electron chi connectivity index (χ1n) is 3.36. The first-order chi connectivity index (χ1) is 4.34. The Labute approximate surface area is 55.2 Å². The highest BCUT2D eigenvalue weighted by molar-refractivity contribution is 5.49. The predicted octanol–water partition coefficient (Wildman–Crippen LogP) is 0.858. The number of aldehydes is 1. The lowest BCUT2D eigenvalue weighted by molar-refractivity contribution is -0.108. The standard InChI is InChI=1S/C7H12O2/c1-6-4-9-5-7(6)2-3-8/h3,6-7H,2,4-5H2,1H3. The van der Waals surface area contributed by atoms with Gasteiger partial charge in [-0.2, -0.15) is 0 Å². The molecule has 1 aliphatic heterocycles. The Balaban J connectivity index is 2.30. The van der Waals surface area contributed by atoms with Crippen LogP contribution in [0.4, 0.5) is 0 Å². The summed E-state index contributed by atoms with van der Waals surface area (Å²) in [7, 11) is 0. The zero-order valence-corrected chi connectivity index (χ0v) is 5.67. The van der Waals surface area contributed by atoms with E-state index in [1.165, 1.54) is 0 Å². The lowest BCUT2D eigenvalue weighted by atomic mass is 9.96. The maximum Gasteiger partial charge on any atom is 0.120 e. The quantitative estimate of drug-likeness (QED) is 0.515. The summed E-state index contributed by atoms with van der Waals surface area (Å²) in [5.74, 6) is 1.07. The van der Waals surface area contributed by atoms with Crippen molar-refractivity contribution in [2.45, 2.75) is 13.3 Å². The molecule has 0 N–H and O–H groups in total. The summed E-state index contributed by atoms with van der Waals surface area (Å²) in [5.41, 5.74) is 0. The molecule has 2 atom stereocenters. The molecule has 0 aromatic heterocycles. The Morgan fingerprint density at radius 3 is 2.89 bits per heavy atom. The molecule has 1 rings (SSSR count). The van der Waals surface area contributed by atoms with Gasteiger partial charge in [-0.1, -0.05) is 6.92 Å². The van der Waals surface area contributed by atoms with Crippen molar-refractivity contribution in [3.05, 3.63) is 0 Å². The second-order valence-corrected chi connectivity index (χ2v) is 2.68. The SMILES string of the molecule is CC1COCC1CC=O. The molecule has 2 heteroatoms. The number of rotatable bonds is 2. The van der Waals surface area contributed by atoms with Crippen LogP contribution in [0.25, 0.3) is 0 Å². The smallest absolute Gasteiger partial charge is 0.120 e. The third kappa shape index (κ3) is 1.52. The van der Waals surface area contributed by atoms with Gasteiger partial charge in [0.25, 0.3) is 0 Å². The summed E-state index contributed by atoms with van der Waals surface area (Å²) in [4.78, 5) is 10.1. The fraction of sp³-hybridized carbons (Fsp3) is 0.857. The normalized spacial score (nSPS) is 34.8. The van der Waals surface area contributed by atoms with E-state index in [9.17, 15) is 4.79 Å². The van der Waals surface area contributed by atoms with Crippen LogP contribution in [0.3, 0.4) is 0 Å². The van der Waals surface area contributed by atoms with Crippen LogP contribution in [0.15, 0.2) is 0 Å². The summed E-state index contributed by atoms with van der Waals surface area (Å²) >= 11 is 0. The molecule has 2 nitrogen and oxygen atoms in total. The Morgan fingerprint density at radius 2 is 2.44 bits per heavy atom. The molecular formula is C7H12O2. The molecule has 0 saturated carbocycles. The minimum Gasteiger partial charge on any atom is -0.381 e. The molecule has 1 aliphatic rings. The average molecular weight is 128 g/mol. The van der Waals surface area contributed by atoms with Gasteiger partial charge < -0.3 is 9.53 Å². The molecule has 0 aromatic carbocycles. The van der Waals surface area contributed by atoms with E-state index in [2.05, 4.69) is 6.92 Å². The van der Waals surface area contributed by atoms with Gasteiger partial charge in [0.15, 0.2) is 0 Å². The van der Waals surface area contributed by atoms with Gasteiger partial charge in [0.05, 0.1) is 6.61 Å². The molecule has 0 radical (unpaired) electrons. The summed E-state index contributed by atoms with van der Waals surface area (Å²) in [6, 6.07) is 0. The highest BCUT2D eigenvalue weighted by Gasteiger charge is 2.22. The van der Waals surface area contributed by atoms with E-state index in [-0.39, 0.29) is 0 Å². The van der Waals surface area contributed by atoms with Crippen molar-refractivity contribution in [1.82, 2.24) is 0 Å². The second-order valence-electron chi connectivity index (χ2n) is 2.68. The van der Waals surface area contributed by atoms with E-state index in [4.69, 9.17) is 4.74 Å². The van der Waals surface area contributed by atoms with E-state index < -0.39 is 0 Å². The van der Waals surface area contributed by atoms with Crippen LogP contribution in [0.1, 0.15) is 13.3 Å². The van der Waals surface area contributed by atoms with Crippen molar-refractivity contribution in [2.75, 3.05) is 13.2 Å². The largest absolute Gasteiger partial charge is 0.381 e. The van der Waals surface area contributed by atoms with Gasteiger partial charge in [0.1, 0.15) is 6.29 Å². The van der Waals surface area contributed by atoms with Crippen LogP contribution >= 0.6 is 0 Å². The summed E-state index contributed by atoms with van der Waals surface area (Å²) < 4.78 is 5.16. The van der Waals surface area contributed by atoms with Gasteiger partial charge in [0.2, 0.25) is 0 Å². The number of carbonyl (C=O) groups is 1. The summed E-state index contributed by atoms with van der Waals surface area (Å²) in [6.45, 7) is 3.74. The molecule has 52 valence electrons. The lowest BCUT2D eigenvalue weighted by Gasteiger charge is -2.06. The van der Waals surface area contributed by atoms with Crippen LogP contribution < -0.4 is 0 Å².